The molecule has 112 valence electrons. The first kappa shape index (κ1) is 15.5. The van der Waals surface area contributed by atoms with E-state index >= 15 is 0 Å². The summed E-state index contributed by atoms with van der Waals surface area (Å²) < 4.78 is 8.06. The summed E-state index contributed by atoms with van der Waals surface area (Å²) in [6.07, 6.45) is 1.79. The molecule has 2 aromatic rings. The van der Waals surface area contributed by atoms with Crippen molar-refractivity contribution in [3.63, 3.8) is 0 Å². The zero-order chi connectivity index (χ0) is 15.0. The van der Waals surface area contributed by atoms with Crippen LogP contribution in [0.25, 0.3) is 0 Å². The van der Waals surface area contributed by atoms with Crippen molar-refractivity contribution in [2.75, 3.05) is 6.61 Å². The monoisotopic (exact) mass is 430 g/mol. The molecule has 0 fully saturated rings. The Balaban J connectivity index is 1.91. The van der Waals surface area contributed by atoms with Crippen LogP contribution in [0.2, 0.25) is 0 Å². The number of hydrogen-bond acceptors (Lipinski definition) is 4. The van der Waals surface area contributed by atoms with Crippen molar-refractivity contribution in [3.8, 4) is 5.75 Å². The van der Waals surface area contributed by atoms with E-state index in [-0.39, 0.29) is 6.04 Å². The van der Waals surface area contributed by atoms with Gasteiger partial charge in [-0.1, -0.05) is 15.9 Å². The highest BCUT2D eigenvalue weighted by molar-refractivity contribution is 9.11. The fourth-order valence-corrected chi connectivity index (χ4v) is 4.80. The molecule has 0 aliphatic carbocycles. The first-order chi connectivity index (χ1) is 10.1. The molecule has 21 heavy (non-hydrogen) atoms. The molecule has 1 aromatic heterocycles. The van der Waals surface area contributed by atoms with Gasteiger partial charge in [-0.15, -0.1) is 11.3 Å². The van der Waals surface area contributed by atoms with E-state index in [2.05, 4.69) is 62.4 Å². The minimum atomic E-state index is 0.0857. The largest absolute Gasteiger partial charge is 0.493 e. The van der Waals surface area contributed by atoms with Crippen LogP contribution in [0, 0.1) is 6.92 Å². The van der Waals surface area contributed by atoms with Gasteiger partial charge in [0.05, 0.1) is 16.4 Å². The molecule has 1 aromatic carbocycles. The number of ether oxygens (including phenoxy) is 1. The van der Waals surface area contributed by atoms with Crippen molar-refractivity contribution in [1.82, 2.24) is 5.43 Å². The summed E-state index contributed by atoms with van der Waals surface area (Å²) in [5.74, 6) is 6.82. The number of halogens is 2. The van der Waals surface area contributed by atoms with Gasteiger partial charge in [0.25, 0.3) is 0 Å². The molecule has 0 spiro atoms. The maximum absolute atomic E-state index is 5.80. The van der Waals surface area contributed by atoms with E-state index in [0.717, 1.165) is 33.5 Å². The zero-order valence-electron chi connectivity index (χ0n) is 11.6. The SMILES string of the molecule is Cc1cc(C(Cc2cc(Br)cc3c2OCC3)NN)sc1Br. The van der Waals surface area contributed by atoms with Gasteiger partial charge in [0.1, 0.15) is 5.75 Å². The first-order valence-corrected chi connectivity index (χ1v) is 9.14. The highest BCUT2D eigenvalue weighted by Crippen LogP contribution is 2.37. The molecule has 0 radical (unpaired) electrons. The Bertz CT molecular complexity index is 652. The Morgan fingerprint density at radius 1 is 1.38 bits per heavy atom. The van der Waals surface area contributed by atoms with E-state index in [4.69, 9.17) is 10.6 Å². The third kappa shape index (κ3) is 3.19. The Kier molecular flexibility index (Phi) is 4.71. The van der Waals surface area contributed by atoms with Crippen LogP contribution in [0.4, 0.5) is 0 Å². The quantitative estimate of drug-likeness (QED) is 0.561. The van der Waals surface area contributed by atoms with Gasteiger partial charge in [-0.3, -0.25) is 11.3 Å². The summed E-state index contributed by atoms with van der Waals surface area (Å²) in [6, 6.07) is 6.54. The Labute approximate surface area is 145 Å². The Morgan fingerprint density at radius 2 is 2.19 bits per heavy atom. The van der Waals surface area contributed by atoms with Crippen LogP contribution in [-0.2, 0) is 12.8 Å². The third-order valence-corrected chi connectivity index (χ3v) is 6.38. The fourth-order valence-electron chi connectivity index (χ4n) is 2.61. The van der Waals surface area contributed by atoms with E-state index in [9.17, 15) is 0 Å². The average molecular weight is 432 g/mol. The van der Waals surface area contributed by atoms with Crippen molar-refractivity contribution < 1.29 is 4.74 Å². The lowest BCUT2D eigenvalue weighted by Gasteiger charge is -2.16. The predicted octanol–water partition coefficient (Wildman–Crippen LogP) is 4.26. The van der Waals surface area contributed by atoms with Crippen LogP contribution in [-0.4, -0.2) is 6.61 Å². The van der Waals surface area contributed by atoms with Gasteiger partial charge in [-0.2, -0.15) is 0 Å². The molecule has 3 rings (SSSR count). The number of hydrazine groups is 1. The standard InChI is InChI=1S/C15H16Br2N2OS/c1-8-4-13(21-15(8)17)12(19-18)7-10-6-11(16)5-9-2-3-20-14(9)10/h4-6,12,19H,2-3,7,18H2,1H3. The molecule has 0 bridgehead atoms. The molecule has 3 N–H and O–H groups in total. The lowest BCUT2D eigenvalue weighted by molar-refractivity contribution is 0.351. The summed E-state index contributed by atoms with van der Waals surface area (Å²) in [4.78, 5) is 1.23. The van der Waals surface area contributed by atoms with Gasteiger partial charge in [-0.25, -0.2) is 0 Å². The number of thiophene rings is 1. The summed E-state index contributed by atoms with van der Waals surface area (Å²) in [7, 11) is 0. The molecule has 6 heteroatoms. The number of benzene rings is 1. The zero-order valence-corrected chi connectivity index (χ0v) is 15.6. The number of aryl methyl sites for hydroxylation is 1. The second-order valence-corrected chi connectivity index (χ2v) is 8.50. The molecular formula is C15H16Br2N2OS. The lowest BCUT2D eigenvalue weighted by Crippen LogP contribution is -2.29. The van der Waals surface area contributed by atoms with Gasteiger partial charge in [0, 0.05) is 15.8 Å². The third-order valence-electron chi connectivity index (χ3n) is 3.67. The van der Waals surface area contributed by atoms with Gasteiger partial charge in [0.15, 0.2) is 0 Å². The van der Waals surface area contributed by atoms with Crippen molar-refractivity contribution in [2.24, 2.45) is 5.84 Å². The second-order valence-electron chi connectivity index (χ2n) is 5.18. The molecule has 0 amide bonds. The molecule has 0 saturated carbocycles. The molecule has 3 nitrogen and oxygen atoms in total. The molecule has 1 unspecified atom stereocenters. The molecule has 1 aliphatic rings. The Morgan fingerprint density at radius 3 is 2.86 bits per heavy atom. The minimum absolute atomic E-state index is 0.0857. The minimum Gasteiger partial charge on any atom is -0.493 e. The molecule has 1 aliphatic heterocycles. The van der Waals surface area contributed by atoms with Crippen LogP contribution >= 0.6 is 43.2 Å². The van der Waals surface area contributed by atoms with E-state index in [1.807, 2.05) is 0 Å². The number of nitrogens with two attached hydrogens (primary N) is 1. The highest BCUT2D eigenvalue weighted by atomic mass is 79.9. The van der Waals surface area contributed by atoms with E-state index < -0.39 is 0 Å². The van der Waals surface area contributed by atoms with E-state index in [1.165, 1.54) is 21.6 Å². The number of rotatable bonds is 4. The smallest absolute Gasteiger partial charge is 0.125 e. The van der Waals surface area contributed by atoms with Gasteiger partial charge < -0.3 is 4.74 Å². The fraction of sp³-hybridized carbons (Fsp3) is 0.333. The van der Waals surface area contributed by atoms with Gasteiger partial charge in [0.2, 0.25) is 0 Å². The van der Waals surface area contributed by atoms with Gasteiger partial charge in [-0.05, 0) is 64.2 Å². The first-order valence-electron chi connectivity index (χ1n) is 6.74. The number of hydrogen-bond donors (Lipinski definition) is 2. The van der Waals surface area contributed by atoms with Gasteiger partial charge >= 0.3 is 0 Å². The maximum Gasteiger partial charge on any atom is 0.125 e. The molecule has 1 atom stereocenters. The summed E-state index contributed by atoms with van der Waals surface area (Å²) in [6.45, 7) is 2.86. The normalized spacial score (nSPS) is 14.9. The highest BCUT2D eigenvalue weighted by Gasteiger charge is 2.21. The maximum atomic E-state index is 5.80. The van der Waals surface area contributed by atoms with Crippen LogP contribution in [0.5, 0.6) is 5.75 Å². The summed E-state index contributed by atoms with van der Waals surface area (Å²) in [5, 5.41) is 0. The average Bonchev–Trinajstić information content (AvgIpc) is 3.03. The second kappa shape index (κ2) is 6.38. The van der Waals surface area contributed by atoms with Crippen LogP contribution in [0.3, 0.4) is 0 Å². The van der Waals surface area contributed by atoms with Crippen LogP contribution in [0.15, 0.2) is 26.5 Å². The van der Waals surface area contributed by atoms with Crippen molar-refractivity contribution >= 4 is 43.2 Å². The topological polar surface area (TPSA) is 47.3 Å². The van der Waals surface area contributed by atoms with Crippen LogP contribution < -0.4 is 16.0 Å². The van der Waals surface area contributed by atoms with Crippen molar-refractivity contribution in [2.45, 2.75) is 25.8 Å². The Hall–Kier alpha value is -0.400. The lowest BCUT2D eigenvalue weighted by atomic mass is 10.0. The number of nitrogens with one attached hydrogen (secondary N) is 1. The number of fused-ring (bicyclic) bond motifs is 1. The predicted molar refractivity (Wildman–Crippen MR) is 93.9 cm³/mol. The van der Waals surface area contributed by atoms with Crippen LogP contribution in [0.1, 0.15) is 27.6 Å². The molecule has 2 heterocycles. The summed E-state index contributed by atoms with van der Waals surface area (Å²) in [5.41, 5.74) is 6.65. The van der Waals surface area contributed by atoms with Crippen molar-refractivity contribution in [1.29, 1.82) is 0 Å². The molecular weight excluding hydrogens is 416 g/mol. The van der Waals surface area contributed by atoms with E-state index in [1.54, 1.807) is 11.3 Å². The summed E-state index contributed by atoms with van der Waals surface area (Å²) >= 11 is 8.89. The van der Waals surface area contributed by atoms with E-state index in [0.29, 0.717) is 0 Å². The molecule has 0 saturated heterocycles. The van der Waals surface area contributed by atoms with Crippen molar-refractivity contribution in [3.05, 3.63) is 48.0 Å².